The Hall–Kier alpha value is -2.42. The first-order chi connectivity index (χ1) is 11.6. The van der Waals surface area contributed by atoms with Crippen molar-refractivity contribution < 1.29 is 0 Å². The molecular weight excluding hydrogens is 294 g/mol. The molecule has 2 N–H and O–H groups in total. The molecule has 0 saturated carbocycles. The molecular formula is C21H27N3. The highest BCUT2D eigenvalue weighted by Crippen LogP contribution is 2.29. The molecule has 24 heavy (non-hydrogen) atoms. The van der Waals surface area contributed by atoms with Crippen molar-refractivity contribution in [3.8, 4) is 0 Å². The predicted molar refractivity (Wildman–Crippen MR) is 106 cm³/mol. The van der Waals surface area contributed by atoms with Crippen LogP contribution in [0, 0.1) is 6.92 Å². The number of allylic oxidation sites excluding steroid dienone is 1. The molecule has 0 aliphatic carbocycles. The van der Waals surface area contributed by atoms with E-state index in [4.69, 9.17) is 5.73 Å². The summed E-state index contributed by atoms with van der Waals surface area (Å²) in [4.78, 5) is 4.86. The van der Waals surface area contributed by atoms with Gasteiger partial charge in [-0.3, -0.25) is 0 Å². The monoisotopic (exact) mass is 321 g/mol. The first kappa shape index (κ1) is 16.4. The van der Waals surface area contributed by atoms with Gasteiger partial charge in [0.25, 0.3) is 0 Å². The molecule has 1 fully saturated rings. The van der Waals surface area contributed by atoms with E-state index < -0.39 is 0 Å². The number of aryl methyl sites for hydroxylation is 1. The van der Waals surface area contributed by atoms with Crippen LogP contribution >= 0.6 is 0 Å². The van der Waals surface area contributed by atoms with Gasteiger partial charge in [-0.15, -0.1) is 0 Å². The quantitative estimate of drug-likeness (QED) is 0.851. The van der Waals surface area contributed by atoms with E-state index in [0.717, 1.165) is 55.1 Å². The SMILES string of the molecule is C=C(CC)c1ccc(N2CCN(c3ccccc3C)CC2)c(N)c1. The van der Waals surface area contributed by atoms with Gasteiger partial charge in [0.05, 0.1) is 11.4 Å². The molecule has 0 bridgehead atoms. The van der Waals surface area contributed by atoms with E-state index in [-0.39, 0.29) is 0 Å². The number of hydrogen-bond donors (Lipinski definition) is 1. The smallest absolute Gasteiger partial charge is 0.0601 e. The number of rotatable bonds is 4. The first-order valence-corrected chi connectivity index (χ1v) is 8.73. The lowest BCUT2D eigenvalue weighted by Crippen LogP contribution is -2.47. The number of nitrogens with two attached hydrogens (primary N) is 1. The maximum atomic E-state index is 6.32. The highest BCUT2D eigenvalue weighted by Gasteiger charge is 2.20. The minimum atomic E-state index is 0.853. The zero-order valence-electron chi connectivity index (χ0n) is 14.8. The van der Waals surface area contributed by atoms with Crippen molar-refractivity contribution in [3.05, 3.63) is 60.2 Å². The number of nitrogens with zero attached hydrogens (tertiary/aromatic N) is 2. The third-order valence-electron chi connectivity index (χ3n) is 4.94. The number of piperazine rings is 1. The van der Waals surface area contributed by atoms with E-state index in [1.807, 2.05) is 0 Å². The van der Waals surface area contributed by atoms with Crippen LogP contribution in [0.5, 0.6) is 0 Å². The number of nitrogen functional groups attached to an aromatic ring is 1. The van der Waals surface area contributed by atoms with E-state index in [0.29, 0.717) is 0 Å². The summed E-state index contributed by atoms with van der Waals surface area (Å²) in [5, 5.41) is 0. The van der Waals surface area contributed by atoms with Gasteiger partial charge in [0.15, 0.2) is 0 Å². The van der Waals surface area contributed by atoms with Gasteiger partial charge in [-0.05, 0) is 48.2 Å². The lowest BCUT2D eigenvalue weighted by molar-refractivity contribution is 0.653. The first-order valence-electron chi connectivity index (χ1n) is 8.73. The molecule has 0 radical (unpaired) electrons. The number of anilines is 3. The van der Waals surface area contributed by atoms with Crippen LogP contribution in [-0.2, 0) is 0 Å². The van der Waals surface area contributed by atoms with Crippen LogP contribution < -0.4 is 15.5 Å². The molecule has 0 atom stereocenters. The summed E-state index contributed by atoms with van der Waals surface area (Å²) in [6, 6.07) is 15.0. The highest BCUT2D eigenvalue weighted by molar-refractivity contribution is 5.75. The average Bonchev–Trinajstić information content (AvgIpc) is 2.61. The van der Waals surface area contributed by atoms with E-state index in [2.05, 4.69) is 72.7 Å². The zero-order valence-corrected chi connectivity index (χ0v) is 14.8. The van der Waals surface area contributed by atoms with Crippen LogP contribution in [0.2, 0.25) is 0 Å². The van der Waals surface area contributed by atoms with Crippen molar-refractivity contribution in [2.45, 2.75) is 20.3 Å². The molecule has 0 amide bonds. The molecule has 0 aromatic heterocycles. The Morgan fingerprint density at radius 1 is 1.00 bits per heavy atom. The standard InChI is InChI=1S/C21H27N3/c1-4-16(2)18-9-10-21(19(22)15-18)24-13-11-23(12-14-24)20-8-6-5-7-17(20)3/h5-10,15H,2,4,11-14,22H2,1,3H3. The zero-order chi connectivity index (χ0) is 17.1. The average molecular weight is 321 g/mol. The molecule has 3 rings (SSSR count). The summed E-state index contributed by atoms with van der Waals surface area (Å²) in [7, 11) is 0. The normalized spacial score (nSPS) is 14.8. The van der Waals surface area contributed by atoms with E-state index in [1.165, 1.54) is 11.3 Å². The Morgan fingerprint density at radius 2 is 1.62 bits per heavy atom. The van der Waals surface area contributed by atoms with Gasteiger partial charge in [-0.25, -0.2) is 0 Å². The fourth-order valence-corrected chi connectivity index (χ4v) is 3.37. The van der Waals surface area contributed by atoms with Crippen molar-refractivity contribution in [2.24, 2.45) is 0 Å². The Bertz CT molecular complexity index is 728. The van der Waals surface area contributed by atoms with Gasteiger partial charge in [-0.1, -0.05) is 37.8 Å². The van der Waals surface area contributed by atoms with Crippen molar-refractivity contribution in [1.82, 2.24) is 0 Å². The molecule has 0 spiro atoms. The second kappa shape index (κ2) is 7.00. The van der Waals surface area contributed by atoms with Gasteiger partial charge in [0, 0.05) is 31.9 Å². The van der Waals surface area contributed by atoms with Crippen LogP contribution in [0.15, 0.2) is 49.0 Å². The van der Waals surface area contributed by atoms with E-state index in [9.17, 15) is 0 Å². The molecule has 1 aliphatic rings. The van der Waals surface area contributed by atoms with Crippen LogP contribution in [0.25, 0.3) is 5.57 Å². The molecule has 0 unspecified atom stereocenters. The topological polar surface area (TPSA) is 32.5 Å². The van der Waals surface area contributed by atoms with Crippen LogP contribution in [-0.4, -0.2) is 26.2 Å². The minimum absolute atomic E-state index is 0.853. The lowest BCUT2D eigenvalue weighted by Gasteiger charge is -2.38. The third-order valence-corrected chi connectivity index (χ3v) is 4.94. The number of para-hydroxylation sites is 1. The van der Waals surface area contributed by atoms with Gasteiger partial charge in [-0.2, -0.15) is 0 Å². The summed E-state index contributed by atoms with van der Waals surface area (Å²) in [5.74, 6) is 0. The predicted octanol–water partition coefficient (Wildman–Crippen LogP) is 4.33. The molecule has 126 valence electrons. The molecule has 1 saturated heterocycles. The summed E-state index contributed by atoms with van der Waals surface area (Å²) in [6.45, 7) is 12.4. The minimum Gasteiger partial charge on any atom is -0.397 e. The van der Waals surface area contributed by atoms with Gasteiger partial charge < -0.3 is 15.5 Å². The molecule has 2 aromatic carbocycles. The molecule has 1 heterocycles. The van der Waals surface area contributed by atoms with E-state index in [1.54, 1.807) is 0 Å². The Kier molecular flexibility index (Phi) is 4.79. The maximum absolute atomic E-state index is 6.32. The second-order valence-electron chi connectivity index (χ2n) is 6.49. The van der Waals surface area contributed by atoms with Crippen LogP contribution in [0.4, 0.5) is 17.1 Å². The largest absolute Gasteiger partial charge is 0.397 e. The van der Waals surface area contributed by atoms with Crippen molar-refractivity contribution in [2.75, 3.05) is 41.7 Å². The lowest BCUT2D eigenvalue weighted by atomic mass is 10.0. The van der Waals surface area contributed by atoms with Crippen molar-refractivity contribution >= 4 is 22.6 Å². The molecule has 1 aliphatic heterocycles. The second-order valence-corrected chi connectivity index (χ2v) is 6.49. The Morgan fingerprint density at radius 3 is 2.21 bits per heavy atom. The van der Waals surface area contributed by atoms with Crippen molar-refractivity contribution in [3.63, 3.8) is 0 Å². The van der Waals surface area contributed by atoms with Crippen molar-refractivity contribution in [1.29, 1.82) is 0 Å². The van der Waals surface area contributed by atoms with Crippen LogP contribution in [0.1, 0.15) is 24.5 Å². The van der Waals surface area contributed by atoms with Crippen LogP contribution in [0.3, 0.4) is 0 Å². The maximum Gasteiger partial charge on any atom is 0.0601 e. The fourth-order valence-electron chi connectivity index (χ4n) is 3.37. The fraction of sp³-hybridized carbons (Fsp3) is 0.333. The summed E-state index contributed by atoms with van der Waals surface area (Å²) < 4.78 is 0. The molecule has 3 heteroatoms. The number of hydrogen-bond acceptors (Lipinski definition) is 3. The molecule has 2 aromatic rings. The van der Waals surface area contributed by atoms with Gasteiger partial charge in [0.2, 0.25) is 0 Å². The summed E-state index contributed by atoms with van der Waals surface area (Å²) in [6.07, 6.45) is 0.952. The summed E-state index contributed by atoms with van der Waals surface area (Å²) in [5.41, 5.74) is 13.3. The van der Waals surface area contributed by atoms with Gasteiger partial charge >= 0.3 is 0 Å². The summed E-state index contributed by atoms with van der Waals surface area (Å²) >= 11 is 0. The van der Waals surface area contributed by atoms with Gasteiger partial charge in [0.1, 0.15) is 0 Å². The highest BCUT2D eigenvalue weighted by atomic mass is 15.3. The number of benzene rings is 2. The Balaban J connectivity index is 1.71. The Labute approximate surface area is 145 Å². The van der Waals surface area contributed by atoms with E-state index >= 15 is 0 Å². The molecule has 3 nitrogen and oxygen atoms in total. The third kappa shape index (κ3) is 3.25.